The van der Waals surface area contributed by atoms with E-state index in [1.54, 1.807) is 9.80 Å². The average molecular weight is 363 g/mol. The Kier molecular flexibility index (Phi) is 5.91. The number of amides is 2. The first-order chi connectivity index (χ1) is 13.1. The van der Waals surface area contributed by atoms with E-state index in [1.807, 2.05) is 61.7 Å². The molecule has 0 aliphatic rings. The standard InChI is InChI=1S/C22H25N3O2/c1-3-25(19-9-5-4-6-10-19)22(27)16-24(17(2)26)14-13-18-15-23-21-12-8-7-11-20(18)21/h4-12,15,23H,3,13-14,16H2,1-2H3. The number of benzene rings is 2. The second kappa shape index (κ2) is 8.54. The summed E-state index contributed by atoms with van der Waals surface area (Å²) in [6, 6.07) is 17.7. The van der Waals surface area contributed by atoms with Crippen LogP contribution in [0.2, 0.25) is 0 Å². The third-order valence-corrected chi connectivity index (χ3v) is 4.78. The van der Waals surface area contributed by atoms with Crippen LogP contribution in [0.15, 0.2) is 60.8 Å². The third-order valence-electron chi connectivity index (χ3n) is 4.78. The molecular formula is C22H25N3O2. The summed E-state index contributed by atoms with van der Waals surface area (Å²) in [5.41, 5.74) is 3.09. The molecule has 1 aromatic heterocycles. The Morgan fingerprint density at radius 2 is 1.70 bits per heavy atom. The molecule has 140 valence electrons. The van der Waals surface area contributed by atoms with Crippen LogP contribution in [0.3, 0.4) is 0 Å². The van der Waals surface area contributed by atoms with Crippen LogP contribution in [0, 0.1) is 0 Å². The number of carbonyl (C=O) groups is 2. The minimum Gasteiger partial charge on any atom is -0.361 e. The molecular weight excluding hydrogens is 338 g/mol. The van der Waals surface area contributed by atoms with Gasteiger partial charge in [0.1, 0.15) is 6.54 Å². The molecule has 0 saturated heterocycles. The third kappa shape index (κ3) is 4.37. The highest BCUT2D eigenvalue weighted by Crippen LogP contribution is 2.19. The Bertz CT molecular complexity index is 917. The zero-order chi connectivity index (χ0) is 19.2. The molecule has 2 aromatic carbocycles. The maximum atomic E-state index is 12.8. The molecule has 0 bridgehead atoms. The van der Waals surface area contributed by atoms with Crippen molar-refractivity contribution in [2.75, 3.05) is 24.5 Å². The molecule has 0 spiro atoms. The maximum absolute atomic E-state index is 12.8. The fraction of sp³-hybridized carbons (Fsp3) is 0.273. The van der Waals surface area contributed by atoms with Crippen LogP contribution in [0.1, 0.15) is 19.4 Å². The van der Waals surface area contributed by atoms with Gasteiger partial charge in [-0.15, -0.1) is 0 Å². The number of rotatable bonds is 7. The first-order valence-electron chi connectivity index (χ1n) is 9.26. The van der Waals surface area contributed by atoms with Crippen molar-refractivity contribution < 1.29 is 9.59 Å². The van der Waals surface area contributed by atoms with Crippen molar-refractivity contribution >= 4 is 28.4 Å². The van der Waals surface area contributed by atoms with Gasteiger partial charge in [-0.2, -0.15) is 0 Å². The van der Waals surface area contributed by atoms with E-state index in [0.717, 1.165) is 22.2 Å². The summed E-state index contributed by atoms with van der Waals surface area (Å²) in [7, 11) is 0. The Hall–Kier alpha value is -3.08. The van der Waals surface area contributed by atoms with Gasteiger partial charge in [-0.1, -0.05) is 36.4 Å². The van der Waals surface area contributed by atoms with Crippen molar-refractivity contribution in [1.29, 1.82) is 0 Å². The number of H-pyrrole nitrogens is 1. The number of carbonyl (C=O) groups excluding carboxylic acids is 2. The summed E-state index contributed by atoms with van der Waals surface area (Å²) in [5.74, 6) is -0.162. The first kappa shape index (κ1) is 18.7. The second-order valence-corrected chi connectivity index (χ2v) is 6.52. The van der Waals surface area contributed by atoms with Crippen LogP contribution in [0.25, 0.3) is 10.9 Å². The molecule has 1 heterocycles. The predicted octanol–water partition coefficient (Wildman–Crippen LogP) is 3.61. The molecule has 0 fully saturated rings. The topological polar surface area (TPSA) is 56.4 Å². The van der Waals surface area contributed by atoms with Gasteiger partial charge in [-0.25, -0.2) is 0 Å². The molecule has 27 heavy (non-hydrogen) atoms. The molecule has 1 N–H and O–H groups in total. The van der Waals surface area contributed by atoms with Crippen LogP contribution in [0.5, 0.6) is 0 Å². The van der Waals surface area contributed by atoms with E-state index in [2.05, 4.69) is 11.1 Å². The van der Waals surface area contributed by atoms with Crippen LogP contribution in [-0.2, 0) is 16.0 Å². The molecule has 0 unspecified atom stereocenters. The number of hydrogen-bond donors (Lipinski definition) is 1. The Labute approximate surface area is 159 Å². The fourth-order valence-corrected chi connectivity index (χ4v) is 3.30. The van der Waals surface area contributed by atoms with Gasteiger partial charge < -0.3 is 14.8 Å². The number of para-hydroxylation sites is 2. The van der Waals surface area contributed by atoms with Crippen molar-refractivity contribution in [3.63, 3.8) is 0 Å². The lowest BCUT2D eigenvalue weighted by Gasteiger charge is -2.26. The first-order valence-corrected chi connectivity index (χ1v) is 9.26. The van der Waals surface area contributed by atoms with Crippen LogP contribution in [0.4, 0.5) is 5.69 Å². The molecule has 3 aromatic rings. The number of fused-ring (bicyclic) bond motifs is 1. The summed E-state index contributed by atoms with van der Waals surface area (Å²) in [5, 5.41) is 1.16. The molecule has 0 aliphatic carbocycles. The van der Waals surface area contributed by atoms with Crippen molar-refractivity contribution in [1.82, 2.24) is 9.88 Å². The minimum absolute atomic E-state index is 0.0715. The van der Waals surface area contributed by atoms with E-state index >= 15 is 0 Å². The summed E-state index contributed by atoms with van der Waals surface area (Å²) >= 11 is 0. The molecule has 0 aliphatic heterocycles. The van der Waals surface area contributed by atoms with Crippen LogP contribution >= 0.6 is 0 Å². The number of nitrogens with zero attached hydrogens (tertiary/aromatic N) is 2. The highest BCUT2D eigenvalue weighted by atomic mass is 16.2. The zero-order valence-corrected chi connectivity index (χ0v) is 15.8. The lowest BCUT2D eigenvalue weighted by molar-refractivity contribution is -0.133. The largest absolute Gasteiger partial charge is 0.361 e. The van der Waals surface area contributed by atoms with E-state index < -0.39 is 0 Å². The van der Waals surface area contributed by atoms with Gasteiger partial charge in [-0.05, 0) is 37.1 Å². The monoisotopic (exact) mass is 363 g/mol. The van der Waals surface area contributed by atoms with E-state index in [4.69, 9.17) is 0 Å². The quantitative estimate of drug-likeness (QED) is 0.697. The van der Waals surface area contributed by atoms with Crippen molar-refractivity contribution in [3.8, 4) is 0 Å². The Balaban J connectivity index is 1.68. The maximum Gasteiger partial charge on any atom is 0.246 e. The molecule has 5 heteroatoms. The lowest BCUT2D eigenvalue weighted by atomic mass is 10.1. The highest BCUT2D eigenvalue weighted by Gasteiger charge is 2.19. The molecule has 2 amide bonds. The van der Waals surface area contributed by atoms with Gasteiger partial charge in [0.25, 0.3) is 0 Å². The van der Waals surface area contributed by atoms with Crippen molar-refractivity contribution in [3.05, 3.63) is 66.4 Å². The normalized spacial score (nSPS) is 10.7. The molecule has 0 radical (unpaired) electrons. The number of hydrogen-bond acceptors (Lipinski definition) is 2. The minimum atomic E-state index is -0.0905. The van der Waals surface area contributed by atoms with Crippen LogP contribution in [-0.4, -0.2) is 41.3 Å². The van der Waals surface area contributed by atoms with Crippen LogP contribution < -0.4 is 4.90 Å². The SMILES string of the molecule is CCN(C(=O)CN(CCc1c[nH]c2ccccc12)C(C)=O)c1ccccc1. The number of likely N-dealkylation sites (N-methyl/N-ethyl adjacent to an activating group) is 1. The Morgan fingerprint density at radius 1 is 1.00 bits per heavy atom. The van der Waals surface area contributed by atoms with Crippen molar-refractivity contribution in [2.45, 2.75) is 20.3 Å². The average Bonchev–Trinajstić information content (AvgIpc) is 3.09. The smallest absolute Gasteiger partial charge is 0.246 e. The highest BCUT2D eigenvalue weighted by molar-refractivity contribution is 5.96. The van der Waals surface area contributed by atoms with Gasteiger partial charge >= 0.3 is 0 Å². The Morgan fingerprint density at radius 3 is 2.41 bits per heavy atom. The van der Waals surface area contributed by atoms with Gasteiger partial charge in [0.2, 0.25) is 11.8 Å². The summed E-state index contributed by atoms with van der Waals surface area (Å²) in [4.78, 5) is 31.5. The van der Waals surface area contributed by atoms with E-state index in [-0.39, 0.29) is 18.4 Å². The van der Waals surface area contributed by atoms with E-state index in [9.17, 15) is 9.59 Å². The number of aromatic nitrogens is 1. The second-order valence-electron chi connectivity index (χ2n) is 6.52. The summed E-state index contributed by atoms with van der Waals surface area (Å²) in [6.45, 7) is 4.61. The van der Waals surface area contributed by atoms with Gasteiger partial charge in [0.05, 0.1) is 0 Å². The van der Waals surface area contributed by atoms with Gasteiger partial charge in [0.15, 0.2) is 0 Å². The molecule has 0 atom stereocenters. The predicted molar refractivity (Wildman–Crippen MR) is 109 cm³/mol. The number of nitrogens with one attached hydrogen (secondary N) is 1. The number of anilines is 1. The van der Waals surface area contributed by atoms with Gasteiger partial charge in [0, 0.05) is 42.8 Å². The molecule has 0 saturated carbocycles. The van der Waals surface area contributed by atoms with Crippen molar-refractivity contribution in [2.24, 2.45) is 0 Å². The molecule has 3 rings (SSSR count). The van der Waals surface area contributed by atoms with E-state index in [0.29, 0.717) is 19.5 Å². The van der Waals surface area contributed by atoms with E-state index in [1.165, 1.54) is 6.92 Å². The van der Waals surface area contributed by atoms with Gasteiger partial charge in [-0.3, -0.25) is 9.59 Å². The fourth-order valence-electron chi connectivity index (χ4n) is 3.30. The zero-order valence-electron chi connectivity index (χ0n) is 15.8. The summed E-state index contributed by atoms with van der Waals surface area (Å²) < 4.78 is 0. The molecule has 5 nitrogen and oxygen atoms in total. The lowest BCUT2D eigenvalue weighted by Crippen LogP contribution is -2.43. The number of aromatic amines is 1. The summed E-state index contributed by atoms with van der Waals surface area (Å²) in [6.07, 6.45) is 2.68.